The van der Waals surface area contributed by atoms with Gasteiger partial charge in [0.1, 0.15) is 0 Å². The Hall–Kier alpha value is -1.92. The number of benzene rings is 1. The lowest BCUT2D eigenvalue weighted by Gasteiger charge is -2.26. The minimum absolute atomic E-state index is 0.0759. The van der Waals surface area contributed by atoms with Crippen LogP contribution in [0.3, 0.4) is 0 Å². The SMILES string of the molecule is Cc1nc(CN(C)C(=O)NCc2ccc(CN3CCCCC3)cc2)cs1. The van der Waals surface area contributed by atoms with Crippen LogP contribution < -0.4 is 5.32 Å². The van der Waals surface area contributed by atoms with E-state index in [9.17, 15) is 4.79 Å². The van der Waals surface area contributed by atoms with E-state index >= 15 is 0 Å². The van der Waals surface area contributed by atoms with Gasteiger partial charge in [0.25, 0.3) is 0 Å². The molecule has 0 radical (unpaired) electrons. The molecule has 2 aromatic rings. The first-order valence-electron chi connectivity index (χ1n) is 9.30. The molecule has 0 atom stereocenters. The number of carbonyl (C=O) groups is 1. The minimum atomic E-state index is -0.0759. The minimum Gasteiger partial charge on any atom is -0.334 e. The topological polar surface area (TPSA) is 48.5 Å². The zero-order chi connectivity index (χ0) is 18.4. The van der Waals surface area contributed by atoms with Crippen molar-refractivity contribution in [3.8, 4) is 0 Å². The number of urea groups is 1. The summed E-state index contributed by atoms with van der Waals surface area (Å²) in [5, 5.41) is 6.01. The van der Waals surface area contributed by atoms with Crippen LogP contribution in [0.1, 0.15) is 41.1 Å². The van der Waals surface area contributed by atoms with Crippen LogP contribution in [0.2, 0.25) is 0 Å². The van der Waals surface area contributed by atoms with Crippen molar-refractivity contribution in [3.63, 3.8) is 0 Å². The quantitative estimate of drug-likeness (QED) is 0.839. The molecule has 140 valence electrons. The van der Waals surface area contributed by atoms with E-state index in [1.165, 1.54) is 37.9 Å². The Morgan fingerprint density at radius 1 is 1.19 bits per heavy atom. The highest BCUT2D eigenvalue weighted by atomic mass is 32.1. The fourth-order valence-electron chi connectivity index (χ4n) is 3.25. The number of aromatic nitrogens is 1. The van der Waals surface area contributed by atoms with Crippen LogP contribution in [0, 0.1) is 6.92 Å². The van der Waals surface area contributed by atoms with Gasteiger partial charge in [-0.1, -0.05) is 30.7 Å². The van der Waals surface area contributed by atoms with E-state index in [1.54, 1.807) is 23.3 Å². The van der Waals surface area contributed by atoms with Crippen molar-refractivity contribution in [2.75, 3.05) is 20.1 Å². The van der Waals surface area contributed by atoms with Crippen molar-refractivity contribution in [2.24, 2.45) is 0 Å². The number of carbonyl (C=O) groups excluding carboxylic acids is 1. The highest BCUT2D eigenvalue weighted by Crippen LogP contribution is 2.14. The van der Waals surface area contributed by atoms with Crippen LogP contribution in [-0.4, -0.2) is 41.0 Å². The largest absolute Gasteiger partial charge is 0.334 e. The van der Waals surface area contributed by atoms with E-state index < -0.39 is 0 Å². The molecule has 26 heavy (non-hydrogen) atoms. The molecule has 0 saturated carbocycles. The summed E-state index contributed by atoms with van der Waals surface area (Å²) in [5.74, 6) is 0. The summed E-state index contributed by atoms with van der Waals surface area (Å²) >= 11 is 1.61. The first-order chi connectivity index (χ1) is 12.6. The third kappa shape index (κ3) is 5.54. The molecule has 1 aromatic heterocycles. The van der Waals surface area contributed by atoms with Gasteiger partial charge in [0.2, 0.25) is 0 Å². The molecule has 5 nitrogen and oxygen atoms in total. The second-order valence-electron chi connectivity index (χ2n) is 7.03. The average Bonchev–Trinajstić information content (AvgIpc) is 3.06. The van der Waals surface area contributed by atoms with Gasteiger partial charge in [0.15, 0.2) is 0 Å². The molecule has 1 aromatic carbocycles. The normalized spacial score (nSPS) is 15.0. The number of likely N-dealkylation sites (tertiary alicyclic amines) is 1. The number of nitrogens with one attached hydrogen (secondary N) is 1. The van der Waals surface area contributed by atoms with Crippen LogP contribution >= 0.6 is 11.3 Å². The van der Waals surface area contributed by atoms with Crippen molar-refractivity contribution >= 4 is 17.4 Å². The number of nitrogens with zero attached hydrogens (tertiary/aromatic N) is 3. The zero-order valence-corrected chi connectivity index (χ0v) is 16.5. The molecule has 1 saturated heterocycles. The van der Waals surface area contributed by atoms with E-state index in [4.69, 9.17) is 0 Å². The predicted octanol–water partition coefficient (Wildman–Crippen LogP) is 3.78. The van der Waals surface area contributed by atoms with Crippen LogP contribution in [0.4, 0.5) is 4.79 Å². The third-order valence-electron chi connectivity index (χ3n) is 4.73. The average molecular weight is 373 g/mol. The van der Waals surface area contributed by atoms with Crippen molar-refractivity contribution in [1.29, 1.82) is 0 Å². The summed E-state index contributed by atoms with van der Waals surface area (Å²) in [7, 11) is 1.80. The Morgan fingerprint density at radius 2 is 1.88 bits per heavy atom. The molecule has 1 fully saturated rings. The van der Waals surface area contributed by atoms with Gasteiger partial charge in [-0.2, -0.15) is 0 Å². The van der Waals surface area contributed by atoms with Crippen LogP contribution in [0.5, 0.6) is 0 Å². The molecule has 1 aliphatic heterocycles. The number of hydrogen-bond acceptors (Lipinski definition) is 4. The number of piperidine rings is 1. The first-order valence-corrected chi connectivity index (χ1v) is 10.2. The molecule has 0 spiro atoms. The van der Waals surface area contributed by atoms with Gasteiger partial charge in [0.05, 0.1) is 17.2 Å². The molecule has 1 N–H and O–H groups in total. The summed E-state index contributed by atoms with van der Waals surface area (Å²) < 4.78 is 0. The highest BCUT2D eigenvalue weighted by molar-refractivity contribution is 7.09. The molecule has 6 heteroatoms. The van der Waals surface area contributed by atoms with E-state index in [1.807, 2.05) is 12.3 Å². The lowest BCUT2D eigenvalue weighted by molar-refractivity contribution is 0.206. The van der Waals surface area contributed by atoms with Crippen molar-refractivity contribution in [1.82, 2.24) is 20.1 Å². The molecule has 2 heterocycles. The Kier molecular flexibility index (Phi) is 6.63. The van der Waals surface area contributed by atoms with Crippen LogP contribution in [0.15, 0.2) is 29.6 Å². The standard InChI is InChI=1S/C20H28N4OS/c1-16-22-19(15-26-16)14-23(2)20(25)21-12-17-6-8-18(9-7-17)13-24-10-4-3-5-11-24/h6-9,15H,3-5,10-14H2,1-2H3,(H,21,25). The Bertz CT molecular complexity index is 707. The number of amides is 2. The summed E-state index contributed by atoms with van der Waals surface area (Å²) in [5.41, 5.74) is 3.41. The second-order valence-corrected chi connectivity index (χ2v) is 8.09. The van der Waals surface area contributed by atoms with Crippen molar-refractivity contribution in [3.05, 3.63) is 51.5 Å². The van der Waals surface area contributed by atoms with E-state index in [-0.39, 0.29) is 6.03 Å². The lowest BCUT2D eigenvalue weighted by Crippen LogP contribution is -2.36. The van der Waals surface area contributed by atoms with Gasteiger partial charge in [-0.05, 0) is 44.0 Å². The first kappa shape index (κ1) is 18.9. The van der Waals surface area contributed by atoms with E-state index in [0.29, 0.717) is 13.1 Å². The molecule has 1 aliphatic rings. The lowest BCUT2D eigenvalue weighted by atomic mass is 10.1. The molecule has 0 aliphatic carbocycles. The van der Waals surface area contributed by atoms with Crippen molar-refractivity contribution < 1.29 is 4.79 Å². The molecular formula is C20H28N4OS. The van der Waals surface area contributed by atoms with Gasteiger partial charge in [-0.15, -0.1) is 11.3 Å². The van der Waals surface area contributed by atoms with Crippen LogP contribution in [0.25, 0.3) is 0 Å². The van der Waals surface area contributed by atoms with Crippen molar-refractivity contribution in [2.45, 2.75) is 45.8 Å². The Labute approximate surface area is 160 Å². The number of rotatable bonds is 6. The van der Waals surface area contributed by atoms with E-state index in [2.05, 4.69) is 39.5 Å². The zero-order valence-electron chi connectivity index (χ0n) is 15.7. The predicted molar refractivity (Wildman–Crippen MR) is 106 cm³/mol. The summed E-state index contributed by atoms with van der Waals surface area (Å²) in [6, 6.07) is 8.51. The fourth-order valence-corrected chi connectivity index (χ4v) is 3.85. The van der Waals surface area contributed by atoms with Gasteiger partial charge in [-0.25, -0.2) is 9.78 Å². The molecule has 0 unspecified atom stereocenters. The van der Waals surface area contributed by atoms with Gasteiger partial charge in [0, 0.05) is 25.5 Å². The second kappa shape index (κ2) is 9.14. The van der Waals surface area contributed by atoms with Gasteiger partial charge in [-0.3, -0.25) is 4.90 Å². The Balaban J connectivity index is 1.44. The highest BCUT2D eigenvalue weighted by Gasteiger charge is 2.12. The molecule has 2 amide bonds. The summed E-state index contributed by atoms with van der Waals surface area (Å²) in [6.45, 7) is 6.51. The Morgan fingerprint density at radius 3 is 2.54 bits per heavy atom. The maximum Gasteiger partial charge on any atom is 0.317 e. The van der Waals surface area contributed by atoms with E-state index in [0.717, 1.165) is 22.8 Å². The number of hydrogen-bond donors (Lipinski definition) is 1. The smallest absolute Gasteiger partial charge is 0.317 e. The third-order valence-corrected chi connectivity index (χ3v) is 5.56. The molecule has 3 rings (SSSR count). The molecule has 0 bridgehead atoms. The maximum atomic E-state index is 12.2. The van der Waals surface area contributed by atoms with Gasteiger partial charge < -0.3 is 10.2 Å². The summed E-state index contributed by atoms with van der Waals surface area (Å²) in [4.78, 5) is 20.8. The monoisotopic (exact) mass is 372 g/mol. The number of thiazole rings is 1. The summed E-state index contributed by atoms with van der Waals surface area (Å²) in [6.07, 6.45) is 4.00. The maximum absolute atomic E-state index is 12.2. The fraction of sp³-hybridized carbons (Fsp3) is 0.500. The van der Waals surface area contributed by atoms with Gasteiger partial charge >= 0.3 is 6.03 Å². The van der Waals surface area contributed by atoms with Crippen LogP contribution in [-0.2, 0) is 19.6 Å². The number of aryl methyl sites for hydroxylation is 1. The molecular weight excluding hydrogens is 344 g/mol.